The summed E-state index contributed by atoms with van der Waals surface area (Å²) >= 11 is 1.64. The fourth-order valence-electron chi connectivity index (χ4n) is 2.95. The second-order valence-electron chi connectivity index (χ2n) is 6.14. The first-order valence-corrected chi connectivity index (χ1v) is 9.01. The van der Waals surface area contributed by atoms with Crippen molar-refractivity contribution in [1.29, 1.82) is 0 Å². The molecule has 0 aliphatic carbocycles. The standard InChI is InChI=1S/C18H23N3OS.2ClH/c1-13-14(2)21(9-8-19-13)18(22)11-16-12-23-17(20-16)10-15-6-4-3-5-7-15;;/h3-7,12-14,19H,8-11H2,1-2H3;2*1H. The molecule has 0 saturated carbocycles. The molecule has 2 unspecified atom stereocenters. The van der Waals surface area contributed by atoms with E-state index < -0.39 is 0 Å². The summed E-state index contributed by atoms with van der Waals surface area (Å²) in [4.78, 5) is 19.2. The van der Waals surface area contributed by atoms with Crippen LogP contribution < -0.4 is 5.32 Å². The van der Waals surface area contributed by atoms with Crippen molar-refractivity contribution in [3.8, 4) is 0 Å². The van der Waals surface area contributed by atoms with Crippen LogP contribution in [0.3, 0.4) is 0 Å². The summed E-state index contributed by atoms with van der Waals surface area (Å²) in [5.41, 5.74) is 2.15. The van der Waals surface area contributed by atoms with Crippen molar-refractivity contribution in [2.24, 2.45) is 0 Å². The fraction of sp³-hybridized carbons (Fsp3) is 0.444. The molecule has 0 spiro atoms. The molecule has 1 amide bonds. The number of carbonyl (C=O) groups is 1. The van der Waals surface area contributed by atoms with E-state index in [1.807, 2.05) is 28.5 Å². The highest BCUT2D eigenvalue weighted by atomic mass is 35.5. The summed E-state index contributed by atoms with van der Waals surface area (Å²) in [6.07, 6.45) is 1.24. The highest BCUT2D eigenvalue weighted by Crippen LogP contribution is 2.17. The number of piperazine rings is 1. The third kappa shape index (κ3) is 5.68. The van der Waals surface area contributed by atoms with Gasteiger partial charge in [-0.3, -0.25) is 4.79 Å². The lowest BCUT2D eigenvalue weighted by Crippen LogP contribution is -2.57. The lowest BCUT2D eigenvalue weighted by molar-refractivity contribution is -0.134. The zero-order valence-electron chi connectivity index (χ0n) is 14.5. The number of thiazole rings is 1. The Morgan fingerprint density at radius 2 is 2.00 bits per heavy atom. The third-order valence-electron chi connectivity index (χ3n) is 4.48. The van der Waals surface area contributed by atoms with Gasteiger partial charge in [0.15, 0.2) is 0 Å². The number of aromatic nitrogens is 1. The normalized spacial score (nSPS) is 19.7. The zero-order valence-corrected chi connectivity index (χ0v) is 16.9. The SMILES string of the molecule is CC1NCCN(C(=O)Cc2csc(Cc3ccccc3)n2)C1C.Cl.Cl. The number of nitrogens with zero attached hydrogens (tertiary/aromatic N) is 2. The largest absolute Gasteiger partial charge is 0.337 e. The first-order valence-electron chi connectivity index (χ1n) is 8.13. The van der Waals surface area contributed by atoms with Crippen molar-refractivity contribution in [2.45, 2.75) is 38.8 Å². The van der Waals surface area contributed by atoms with Gasteiger partial charge in [-0.1, -0.05) is 30.3 Å². The highest BCUT2D eigenvalue weighted by molar-refractivity contribution is 7.09. The molecule has 7 heteroatoms. The molecule has 25 heavy (non-hydrogen) atoms. The number of hydrogen-bond donors (Lipinski definition) is 1. The maximum Gasteiger partial charge on any atom is 0.228 e. The van der Waals surface area contributed by atoms with Crippen LogP contribution in [0.25, 0.3) is 0 Å². The number of nitrogens with one attached hydrogen (secondary N) is 1. The predicted octanol–water partition coefficient (Wildman–Crippen LogP) is 3.33. The van der Waals surface area contributed by atoms with Crippen LogP contribution in [0, 0.1) is 0 Å². The van der Waals surface area contributed by atoms with Crippen LogP contribution in [0.4, 0.5) is 0 Å². The Labute approximate surface area is 165 Å². The summed E-state index contributed by atoms with van der Waals surface area (Å²) in [5, 5.41) is 6.49. The third-order valence-corrected chi connectivity index (χ3v) is 5.38. The molecule has 1 fully saturated rings. The van der Waals surface area contributed by atoms with Gasteiger partial charge in [-0.2, -0.15) is 0 Å². The molecule has 2 aromatic rings. The average molecular weight is 402 g/mol. The first kappa shape index (κ1) is 21.9. The van der Waals surface area contributed by atoms with Crippen molar-refractivity contribution >= 4 is 42.1 Å². The van der Waals surface area contributed by atoms with Gasteiger partial charge < -0.3 is 10.2 Å². The fourth-order valence-corrected chi connectivity index (χ4v) is 3.77. The molecule has 1 saturated heterocycles. The molecule has 3 rings (SSSR count). The van der Waals surface area contributed by atoms with Crippen molar-refractivity contribution in [3.05, 3.63) is 52.0 Å². The van der Waals surface area contributed by atoms with E-state index in [1.54, 1.807) is 11.3 Å². The van der Waals surface area contributed by atoms with Crippen molar-refractivity contribution < 1.29 is 4.79 Å². The minimum atomic E-state index is 0. The molecular formula is C18H25Cl2N3OS. The maximum atomic E-state index is 12.6. The Hall–Kier alpha value is -1.14. The van der Waals surface area contributed by atoms with Gasteiger partial charge in [0.05, 0.1) is 17.1 Å². The lowest BCUT2D eigenvalue weighted by Gasteiger charge is -2.38. The molecule has 138 valence electrons. The Balaban J connectivity index is 0.00000156. The van der Waals surface area contributed by atoms with E-state index in [0.29, 0.717) is 12.5 Å². The van der Waals surface area contributed by atoms with Gasteiger partial charge in [-0.25, -0.2) is 4.98 Å². The molecule has 1 aromatic heterocycles. The number of amides is 1. The van der Waals surface area contributed by atoms with Crippen molar-refractivity contribution in [2.75, 3.05) is 13.1 Å². The predicted molar refractivity (Wildman–Crippen MR) is 108 cm³/mol. The second kappa shape index (κ2) is 10.1. The van der Waals surface area contributed by atoms with Crippen LogP contribution in [-0.2, 0) is 17.6 Å². The van der Waals surface area contributed by atoms with Crippen LogP contribution in [0.2, 0.25) is 0 Å². The summed E-state index contributed by atoms with van der Waals surface area (Å²) in [7, 11) is 0. The smallest absolute Gasteiger partial charge is 0.228 e. The lowest BCUT2D eigenvalue weighted by atomic mass is 10.1. The average Bonchev–Trinajstić information content (AvgIpc) is 2.98. The van der Waals surface area contributed by atoms with Crippen LogP contribution in [-0.4, -0.2) is 41.0 Å². The first-order chi connectivity index (χ1) is 11.1. The number of benzene rings is 1. The Morgan fingerprint density at radius 3 is 2.72 bits per heavy atom. The van der Waals surface area contributed by atoms with Crippen molar-refractivity contribution in [1.82, 2.24) is 15.2 Å². The molecule has 1 aromatic carbocycles. The highest BCUT2D eigenvalue weighted by Gasteiger charge is 2.28. The number of hydrogen-bond acceptors (Lipinski definition) is 4. The van der Waals surface area contributed by atoms with Gasteiger partial charge in [-0.05, 0) is 19.4 Å². The minimum Gasteiger partial charge on any atom is -0.337 e. The van der Waals surface area contributed by atoms with Crippen LogP contribution in [0.5, 0.6) is 0 Å². The quantitative estimate of drug-likeness (QED) is 0.854. The minimum absolute atomic E-state index is 0. The topological polar surface area (TPSA) is 45.2 Å². The van der Waals surface area contributed by atoms with E-state index in [-0.39, 0.29) is 36.8 Å². The monoisotopic (exact) mass is 401 g/mol. The van der Waals surface area contributed by atoms with E-state index in [4.69, 9.17) is 0 Å². The van der Waals surface area contributed by atoms with Crippen molar-refractivity contribution in [3.63, 3.8) is 0 Å². The molecular weight excluding hydrogens is 377 g/mol. The summed E-state index contributed by atoms with van der Waals surface area (Å²) in [6, 6.07) is 10.9. The molecule has 1 aliphatic rings. The molecule has 2 heterocycles. The Morgan fingerprint density at radius 1 is 1.28 bits per heavy atom. The number of carbonyl (C=O) groups excluding carboxylic acids is 1. The number of halogens is 2. The zero-order chi connectivity index (χ0) is 16.2. The Kier molecular flexibility index (Phi) is 8.86. The number of rotatable bonds is 4. The molecule has 0 bridgehead atoms. The maximum absolute atomic E-state index is 12.6. The van der Waals surface area contributed by atoms with E-state index in [9.17, 15) is 4.79 Å². The van der Waals surface area contributed by atoms with Gasteiger partial charge in [0.2, 0.25) is 5.91 Å². The van der Waals surface area contributed by atoms with Gasteiger partial charge in [0.25, 0.3) is 0 Å². The molecule has 0 radical (unpaired) electrons. The van der Waals surface area contributed by atoms with Gasteiger partial charge >= 0.3 is 0 Å². The van der Waals surface area contributed by atoms with Gasteiger partial charge in [-0.15, -0.1) is 36.2 Å². The van der Waals surface area contributed by atoms with E-state index in [2.05, 4.69) is 36.3 Å². The van der Waals surface area contributed by atoms with Gasteiger partial charge in [0, 0.05) is 37.0 Å². The summed E-state index contributed by atoms with van der Waals surface area (Å²) in [5.74, 6) is 0.183. The molecule has 1 aliphatic heterocycles. The van der Waals surface area contributed by atoms with Crippen LogP contribution in [0.15, 0.2) is 35.7 Å². The Bertz CT molecular complexity index is 665. The van der Waals surface area contributed by atoms with Gasteiger partial charge in [0.1, 0.15) is 0 Å². The van der Waals surface area contributed by atoms with E-state index in [0.717, 1.165) is 30.2 Å². The van der Waals surface area contributed by atoms with E-state index in [1.165, 1.54) is 5.56 Å². The molecule has 4 nitrogen and oxygen atoms in total. The molecule has 2 atom stereocenters. The summed E-state index contributed by atoms with van der Waals surface area (Å²) in [6.45, 7) is 5.89. The van der Waals surface area contributed by atoms with Crippen LogP contribution >= 0.6 is 36.2 Å². The molecule has 1 N–H and O–H groups in total. The second-order valence-corrected chi connectivity index (χ2v) is 7.08. The van der Waals surface area contributed by atoms with E-state index >= 15 is 0 Å². The summed E-state index contributed by atoms with van der Waals surface area (Å²) < 4.78 is 0. The van der Waals surface area contributed by atoms with Crippen LogP contribution in [0.1, 0.15) is 30.1 Å².